The van der Waals surface area contributed by atoms with Crippen LogP contribution < -0.4 is 10.1 Å². The molecule has 2 aromatic carbocycles. The van der Waals surface area contributed by atoms with Crippen molar-refractivity contribution < 1.29 is 14.3 Å². The van der Waals surface area contributed by atoms with Crippen molar-refractivity contribution >= 4 is 27.7 Å². The fourth-order valence-electron chi connectivity index (χ4n) is 2.92. The van der Waals surface area contributed by atoms with Crippen LogP contribution in [0.5, 0.6) is 5.75 Å². The maximum absolute atomic E-state index is 13.1. The topological polar surface area (TPSA) is 58.6 Å². The second kappa shape index (κ2) is 11.2. The number of nitrogens with zero attached hydrogens (tertiary/aromatic N) is 1. The Morgan fingerprint density at radius 3 is 2.37 bits per heavy atom. The summed E-state index contributed by atoms with van der Waals surface area (Å²) in [7, 11) is 0. The van der Waals surface area contributed by atoms with Crippen LogP contribution in [0.1, 0.15) is 37.5 Å². The predicted molar refractivity (Wildman–Crippen MR) is 123 cm³/mol. The molecular formula is C24H31BrN2O3. The molecule has 0 fully saturated rings. The van der Waals surface area contributed by atoms with Crippen molar-refractivity contribution in [3.63, 3.8) is 0 Å². The summed E-state index contributed by atoms with van der Waals surface area (Å²) >= 11 is 3.43. The zero-order valence-corrected chi connectivity index (χ0v) is 20.0. The van der Waals surface area contributed by atoms with Crippen LogP contribution in [0.2, 0.25) is 0 Å². The van der Waals surface area contributed by atoms with Gasteiger partial charge in [-0.2, -0.15) is 0 Å². The predicted octanol–water partition coefficient (Wildman–Crippen LogP) is 4.63. The lowest BCUT2D eigenvalue weighted by Crippen LogP contribution is -2.49. The van der Waals surface area contributed by atoms with Gasteiger partial charge in [-0.1, -0.05) is 54.0 Å². The minimum absolute atomic E-state index is 0.122. The molecule has 0 aliphatic rings. The second-order valence-electron chi connectivity index (χ2n) is 7.95. The van der Waals surface area contributed by atoms with E-state index in [4.69, 9.17) is 4.74 Å². The number of hydrogen-bond donors (Lipinski definition) is 1. The van der Waals surface area contributed by atoms with Crippen LogP contribution in [-0.4, -0.2) is 35.9 Å². The quantitative estimate of drug-likeness (QED) is 0.575. The number of aryl methyl sites for hydroxylation is 1. The molecule has 162 valence electrons. The lowest BCUT2D eigenvalue weighted by Gasteiger charge is -2.29. The molecule has 0 spiro atoms. The summed E-state index contributed by atoms with van der Waals surface area (Å²) in [4.78, 5) is 27.3. The van der Waals surface area contributed by atoms with E-state index in [9.17, 15) is 9.59 Å². The molecule has 2 aromatic rings. The first-order valence-corrected chi connectivity index (χ1v) is 11.0. The molecule has 2 rings (SSSR count). The van der Waals surface area contributed by atoms with Gasteiger partial charge in [0.25, 0.3) is 5.91 Å². The average Bonchev–Trinajstić information content (AvgIpc) is 2.71. The van der Waals surface area contributed by atoms with Gasteiger partial charge < -0.3 is 15.0 Å². The molecule has 0 saturated heterocycles. The third-order valence-electron chi connectivity index (χ3n) is 5.02. The highest BCUT2D eigenvalue weighted by Crippen LogP contribution is 2.21. The molecule has 0 aliphatic heterocycles. The largest absolute Gasteiger partial charge is 0.483 e. The van der Waals surface area contributed by atoms with E-state index in [1.165, 1.54) is 0 Å². The zero-order valence-electron chi connectivity index (χ0n) is 18.4. The first kappa shape index (κ1) is 23.9. The Hall–Kier alpha value is -2.34. The summed E-state index contributed by atoms with van der Waals surface area (Å²) in [5.74, 6) is 0.625. The van der Waals surface area contributed by atoms with Crippen molar-refractivity contribution in [1.29, 1.82) is 0 Å². The number of benzene rings is 2. The number of rotatable bonds is 9. The van der Waals surface area contributed by atoms with Crippen LogP contribution >= 0.6 is 15.9 Å². The van der Waals surface area contributed by atoms with Crippen molar-refractivity contribution in [3.05, 3.63) is 63.6 Å². The third-order valence-corrected chi connectivity index (χ3v) is 5.55. The molecule has 30 heavy (non-hydrogen) atoms. The molecule has 1 unspecified atom stereocenters. The van der Waals surface area contributed by atoms with E-state index in [2.05, 4.69) is 21.2 Å². The van der Waals surface area contributed by atoms with Crippen LogP contribution in [0.4, 0.5) is 0 Å². The lowest BCUT2D eigenvalue weighted by molar-refractivity contribution is -0.142. The van der Waals surface area contributed by atoms with Crippen molar-refractivity contribution in [2.75, 3.05) is 13.2 Å². The minimum Gasteiger partial charge on any atom is -0.483 e. The summed E-state index contributed by atoms with van der Waals surface area (Å²) in [5, 5.41) is 2.92. The molecule has 0 aliphatic carbocycles. The van der Waals surface area contributed by atoms with Gasteiger partial charge in [0.2, 0.25) is 5.91 Å². The normalized spacial score (nSPS) is 11.8. The fraction of sp³-hybridized carbons (Fsp3) is 0.417. The van der Waals surface area contributed by atoms with E-state index in [0.717, 1.165) is 21.2 Å². The van der Waals surface area contributed by atoms with Gasteiger partial charge in [0, 0.05) is 17.6 Å². The Balaban J connectivity index is 2.15. The number of hydrogen-bond acceptors (Lipinski definition) is 3. The Kier molecular flexibility index (Phi) is 8.90. The summed E-state index contributed by atoms with van der Waals surface area (Å²) in [5.41, 5.74) is 3.06. The second-order valence-corrected chi connectivity index (χ2v) is 8.87. The molecule has 0 radical (unpaired) electrons. The van der Waals surface area contributed by atoms with Crippen LogP contribution in [0, 0.1) is 19.8 Å². The molecule has 5 nitrogen and oxygen atoms in total. The van der Waals surface area contributed by atoms with E-state index in [1.807, 2.05) is 70.2 Å². The van der Waals surface area contributed by atoms with Crippen molar-refractivity contribution in [2.45, 2.75) is 47.2 Å². The highest BCUT2D eigenvalue weighted by atomic mass is 79.9. The van der Waals surface area contributed by atoms with E-state index in [1.54, 1.807) is 11.8 Å². The number of amides is 2. The number of carbonyl (C=O) groups excluding carboxylic acids is 2. The molecule has 0 bridgehead atoms. The van der Waals surface area contributed by atoms with Gasteiger partial charge in [-0.3, -0.25) is 9.59 Å². The third kappa shape index (κ3) is 6.87. The summed E-state index contributed by atoms with van der Waals surface area (Å²) in [6, 6.07) is 12.9. The van der Waals surface area contributed by atoms with E-state index in [0.29, 0.717) is 24.8 Å². The van der Waals surface area contributed by atoms with Crippen LogP contribution in [0.3, 0.4) is 0 Å². The zero-order chi connectivity index (χ0) is 22.3. The maximum Gasteiger partial charge on any atom is 0.261 e. The van der Waals surface area contributed by atoms with Crippen molar-refractivity contribution in [2.24, 2.45) is 5.92 Å². The maximum atomic E-state index is 13.1. The highest BCUT2D eigenvalue weighted by molar-refractivity contribution is 9.10. The fourth-order valence-corrected chi connectivity index (χ4v) is 3.19. The van der Waals surface area contributed by atoms with E-state index < -0.39 is 6.04 Å². The number of nitrogens with one attached hydrogen (secondary N) is 1. The highest BCUT2D eigenvalue weighted by Gasteiger charge is 2.26. The first-order chi connectivity index (χ1) is 14.2. The molecule has 1 atom stereocenters. The van der Waals surface area contributed by atoms with Gasteiger partial charge in [0.15, 0.2) is 6.61 Å². The molecular weight excluding hydrogens is 444 g/mol. The minimum atomic E-state index is -0.609. The number of halogens is 1. The van der Waals surface area contributed by atoms with Crippen LogP contribution in [-0.2, 0) is 16.1 Å². The van der Waals surface area contributed by atoms with Crippen LogP contribution in [0.25, 0.3) is 0 Å². The number of ether oxygens (including phenoxy) is 1. The summed E-state index contributed by atoms with van der Waals surface area (Å²) in [6.45, 7) is 10.6. The summed E-state index contributed by atoms with van der Waals surface area (Å²) in [6.07, 6.45) is 0. The first-order valence-electron chi connectivity index (χ1n) is 10.2. The van der Waals surface area contributed by atoms with Gasteiger partial charge >= 0.3 is 0 Å². The van der Waals surface area contributed by atoms with E-state index in [-0.39, 0.29) is 18.4 Å². The number of carbonyl (C=O) groups is 2. The van der Waals surface area contributed by atoms with Crippen molar-refractivity contribution in [1.82, 2.24) is 10.2 Å². The van der Waals surface area contributed by atoms with Gasteiger partial charge in [0.05, 0.1) is 0 Å². The molecule has 0 aromatic heterocycles. The van der Waals surface area contributed by atoms with Crippen LogP contribution in [0.15, 0.2) is 46.9 Å². The molecule has 1 N–H and O–H groups in total. The standard InChI is InChI=1S/C24H31BrN2O3/c1-16(2)13-26-24(29)19(5)27(14-20-9-11-21(25)12-10-20)23(28)15-30-22-8-6-7-17(3)18(22)4/h6-12,16,19H,13-15H2,1-5H3,(H,26,29). The Labute approximate surface area is 187 Å². The van der Waals surface area contributed by atoms with Gasteiger partial charge in [-0.15, -0.1) is 0 Å². The lowest BCUT2D eigenvalue weighted by atomic mass is 10.1. The molecule has 0 saturated carbocycles. The monoisotopic (exact) mass is 474 g/mol. The smallest absolute Gasteiger partial charge is 0.261 e. The SMILES string of the molecule is Cc1cccc(OCC(=O)N(Cc2ccc(Br)cc2)C(C)C(=O)NCC(C)C)c1C. The average molecular weight is 475 g/mol. The van der Waals surface area contributed by atoms with Crippen molar-refractivity contribution in [3.8, 4) is 5.75 Å². The Morgan fingerprint density at radius 2 is 1.73 bits per heavy atom. The van der Waals surface area contributed by atoms with Gasteiger partial charge in [0.1, 0.15) is 11.8 Å². The van der Waals surface area contributed by atoms with Gasteiger partial charge in [-0.05, 0) is 61.6 Å². The molecule has 6 heteroatoms. The Morgan fingerprint density at radius 1 is 1.07 bits per heavy atom. The molecule has 0 heterocycles. The summed E-state index contributed by atoms with van der Waals surface area (Å²) < 4.78 is 6.78. The molecule has 2 amide bonds. The van der Waals surface area contributed by atoms with Gasteiger partial charge in [-0.25, -0.2) is 0 Å². The Bertz CT molecular complexity index is 865. The van der Waals surface area contributed by atoms with E-state index >= 15 is 0 Å².